The summed E-state index contributed by atoms with van der Waals surface area (Å²) in [7, 11) is 2.23. The lowest BCUT2D eigenvalue weighted by atomic mass is 10.0. The summed E-state index contributed by atoms with van der Waals surface area (Å²) in [5.74, 6) is 1.10. The van der Waals surface area contributed by atoms with E-state index in [1.54, 1.807) is 0 Å². The maximum atomic E-state index is 4.56. The second-order valence-corrected chi connectivity index (χ2v) is 6.44. The molecule has 0 N–H and O–H groups in total. The zero-order valence-electron chi connectivity index (χ0n) is 14.4. The van der Waals surface area contributed by atoms with Gasteiger partial charge in [-0.3, -0.25) is 9.58 Å². The molecule has 23 heavy (non-hydrogen) atoms. The summed E-state index contributed by atoms with van der Waals surface area (Å²) in [4.78, 5) is 9.38. The Labute approximate surface area is 138 Å². The van der Waals surface area contributed by atoms with Crippen LogP contribution >= 0.6 is 0 Å². The normalized spacial score (nSPS) is 18.6. The molecule has 124 valence electrons. The Morgan fingerprint density at radius 2 is 2.22 bits per heavy atom. The van der Waals surface area contributed by atoms with Crippen LogP contribution in [0.25, 0.3) is 0 Å². The predicted molar refractivity (Wildman–Crippen MR) is 93.6 cm³/mol. The molecule has 1 saturated heterocycles. The summed E-state index contributed by atoms with van der Waals surface area (Å²) in [5.41, 5.74) is 2.49. The fourth-order valence-electron chi connectivity index (χ4n) is 3.34. The predicted octanol–water partition coefficient (Wildman–Crippen LogP) is 2.71. The fraction of sp³-hybridized carbons (Fsp3) is 0.556. The Kier molecular flexibility index (Phi) is 4.96. The largest absolute Gasteiger partial charge is 0.355 e. The highest BCUT2D eigenvalue weighted by Gasteiger charge is 2.24. The summed E-state index contributed by atoms with van der Waals surface area (Å²) in [5, 5.41) is 4.56. The zero-order valence-corrected chi connectivity index (χ0v) is 14.4. The Bertz CT molecular complexity index is 622. The maximum absolute atomic E-state index is 4.56. The molecular weight excluding hydrogens is 286 g/mol. The zero-order chi connectivity index (χ0) is 16.2. The third-order valence-corrected chi connectivity index (χ3v) is 4.78. The third-order valence-electron chi connectivity index (χ3n) is 4.78. The van der Waals surface area contributed by atoms with E-state index in [4.69, 9.17) is 0 Å². The average Bonchev–Trinajstić information content (AvgIpc) is 2.96. The van der Waals surface area contributed by atoms with Crippen LogP contribution in [0.3, 0.4) is 0 Å². The molecule has 5 heteroatoms. The van der Waals surface area contributed by atoms with Crippen LogP contribution in [0.15, 0.2) is 30.6 Å². The van der Waals surface area contributed by atoms with E-state index in [2.05, 4.69) is 59.1 Å². The fourth-order valence-corrected chi connectivity index (χ4v) is 3.34. The van der Waals surface area contributed by atoms with Gasteiger partial charge in [0.25, 0.3) is 0 Å². The first kappa shape index (κ1) is 16.0. The van der Waals surface area contributed by atoms with E-state index in [1.165, 1.54) is 18.4 Å². The van der Waals surface area contributed by atoms with E-state index in [1.807, 2.05) is 16.9 Å². The Morgan fingerprint density at radius 3 is 2.91 bits per heavy atom. The van der Waals surface area contributed by atoms with Crippen LogP contribution in [0.1, 0.15) is 31.0 Å². The van der Waals surface area contributed by atoms with Crippen molar-refractivity contribution < 1.29 is 0 Å². The third kappa shape index (κ3) is 3.72. The van der Waals surface area contributed by atoms with Crippen LogP contribution in [0, 0.1) is 6.92 Å². The van der Waals surface area contributed by atoms with Gasteiger partial charge in [0.1, 0.15) is 5.82 Å². The van der Waals surface area contributed by atoms with E-state index >= 15 is 0 Å². The highest BCUT2D eigenvalue weighted by atomic mass is 15.3. The average molecular weight is 313 g/mol. The van der Waals surface area contributed by atoms with Crippen molar-refractivity contribution >= 4 is 5.82 Å². The van der Waals surface area contributed by atoms with Gasteiger partial charge in [0, 0.05) is 50.2 Å². The quantitative estimate of drug-likeness (QED) is 0.850. The molecule has 1 aliphatic rings. The number of pyridine rings is 1. The molecule has 0 amide bonds. The number of hydrogen-bond acceptors (Lipinski definition) is 4. The van der Waals surface area contributed by atoms with Crippen LogP contribution in [0.2, 0.25) is 0 Å². The number of nitrogens with zero attached hydrogens (tertiary/aromatic N) is 5. The minimum Gasteiger partial charge on any atom is -0.355 e. The number of piperidine rings is 1. The van der Waals surface area contributed by atoms with Gasteiger partial charge in [-0.25, -0.2) is 4.98 Å². The molecule has 1 atom stereocenters. The molecule has 0 spiro atoms. The minimum atomic E-state index is 0.565. The maximum Gasteiger partial charge on any atom is 0.128 e. The van der Waals surface area contributed by atoms with Crippen molar-refractivity contribution in [2.45, 2.75) is 45.8 Å². The van der Waals surface area contributed by atoms with Crippen LogP contribution < -0.4 is 4.90 Å². The Morgan fingerprint density at radius 1 is 1.35 bits per heavy atom. The first-order valence-electron chi connectivity index (χ1n) is 8.56. The number of aromatic nitrogens is 3. The minimum absolute atomic E-state index is 0.565. The second kappa shape index (κ2) is 7.13. The van der Waals surface area contributed by atoms with Crippen molar-refractivity contribution in [1.29, 1.82) is 0 Å². The topological polar surface area (TPSA) is 37.2 Å². The SMILES string of the molecule is CCn1cc(CN(C)[C@H]2CCCN(c3ccccn3)C2)c(C)n1. The summed E-state index contributed by atoms with van der Waals surface area (Å²) < 4.78 is 2.03. The smallest absolute Gasteiger partial charge is 0.128 e. The molecule has 3 heterocycles. The number of likely N-dealkylation sites (N-methyl/N-ethyl adjacent to an activating group) is 1. The lowest BCUT2D eigenvalue weighted by Crippen LogP contribution is -2.46. The second-order valence-electron chi connectivity index (χ2n) is 6.44. The summed E-state index contributed by atoms with van der Waals surface area (Å²) in [6, 6.07) is 6.72. The van der Waals surface area contributed by atoms with E-state index < -0.39 is 0 Å². The van der Waals surface area contributed by atoms with Gasteiger partial charge < -0.3 is 4.90 Å². The van der Waals surface area contributed by atoms with Gasteiger partial charge >= 0.3 is 0 Å². The van der Waals surface area contributed by atoms with E-state index in [9.17, 15) is 0 Å². The molecule has 0 unspecified atom stereocenters. The lowest BCUT2D eigenvalue weighted by Gasteiger charge is -2.38. The lowest BCUT2D eigenvalue weighted by molar-refractivity contribution is 0.207. The number of aryl methyl sites for hydroxylation is 2. The van der Waals surface area contributed by atoms with Crippen LogP contribution in [-0.4, -0.2) is 45.8 Å². The molecule has 0 bridgehead atoms. The molecule has 1 fully saturated rings. The Hall–Kier alpha value is -1.88. The van der Waals surface area contributed by atoms with E-state index in [0.29, 0.717) is 6.04 Å². The molecule has 0 aliphatic carbocycles. The van der Waals surface area contributed by atoms with Crippen molar-refractivity contribution in [2.24, 2.45) is 0 Å². The standard InChI is InChI=1S/C18H27N5/c1-4-23-13-16(15(2)20-23)12-21(3)17-8-7-11-22(14-17)18-9-5-6-10-19-18/h5-6,9-10,13,17H,4,7-8,11-12,14H2,1-3H3/t17-/m0/s1. The first-order chi connectivity index (χ1) is 11.2. The molecular formula is C18H27N5. The monoisotopic (exact) mass is 313 g/mol. The summed E-state index contributed by atoms with van der Waals surface area (Å²) in [6.07, 6.45) is 6.54. The number of anilines is 1. The number of hydrogen-bond donors (Lipinski definition) is 0. The van der Waals surface area contributed by atoms with E-state index in [-0.39, 0.29) is 0 Å². The molecule has 0 radical (unpaired) electrons. The van der Waals surface area contributed by atoms with Crippen molar-refractivity contribution in [1.82, 2.24) is 19.7 Å². The molecule has 0 saturated carbocycles. The molecule has 2 aromatic heterocycles. The van der Waals surface area contributed by atoms with Gasteiger partial charge in [0.2, 0.25) is 0 Å². The van der Waals surface area contributed by atoms with Crippen LogP contribution in [-0.2, 0) is 13.1 Å². The molecule has 2 aromatic rings. The van der Waals surface area contributed by atoms with Crippen molar-refractivity contribution in [3.05, 3.63) is 41.9 Å². The van der Waals surface area contributed by atoms with Crippen molar-refractivity contribution in [3.63, 3.8) is 0 Å². The highest BCUT2D eigenvalue weighted by molar-refractivity contribution is 5.38. The summed E-state index contributed by atoms with van der Waals surface area (Å²) >= 11 is 0. The van der Waals surface area contributed by atoms with E-state index in [0.717, 1.165) is 37.7 Å². The van der Waals surface area contributed by atoms with Gasteiger partial charge in [-0.05, 0) is 45.9 Å². The van der Waals surface area contributed by atoms with Gasteiger partial charge in [-0.1, -0.05) is 6.07 Å². The molecule has 5 nitrogen and oxygen atoms in total. The van der Waals surface area contributed by atoms with Crippen molar-refractivity contribution in [3.8, 4) is 0 Å². The molecule has 0 aromatic carbocycles. The number of rotatable bonds is 5. The molecule has 3 rings (SSSR count). The van der Waals surface area contributed by atoms with Crippen LogP contribution in [0.4, 0.5) is 5.82 Å². The Balaban J connectivity index is 1.65. The van der Waals surface area contributed by atoms with Gasteiger partial charge in [0.15, 0.2) is 0 Å². The summed E-state index contributed by atoms with van der Waals surface area (Å²) in [6.45, 7) is 8.29. The first-order valence-corrected chi connectivity index (χ1v) is 8.56. The van der Waals surface area contributed by atoms with Crippen LogP contribution in [0.5, 0.6) is 0 Å². The van der Waals surface area contributed by atoms with Crippen molar-refractivity contribution in [2.75, 3.05) is 25.0 Å². The van der Waals surface area contributed by atoms with Gasteiger partial charge in [-0.2, -0.15) is 5.10 Å². The van der Waals surface area contributed by atoms with Gasteiger partial charge in [0.05, 0.1) is 5.69 Å². The molecule has 1 aliphatic heterocycles. The van der Waals surface area contributed by atoms with Gasteiger partial charge in [-0.15, -0.1) is 0 Å². The highest BCUT2D eigenvalue weighted by Crippen LogP contribution is 2.21.